The summed E-state index contributed by atoms with van der Waals surface area (Å²) in [6, 6.07) is 6.18. The van der Waals surface area contributed by atoms with Crippen LogP contribution in [0.2, 0.25) is 0 Å². The first kappa shape index (κ1) is 19.8. The van der Waals surface area contributed by atoms with E-state index in [2.05, 4.69) is 6.92 Å². The van der Waals surface area contributed by atoms with Gasteiger partial charge < -0.3 is 10.0 Å². The molecule has 0 aliphatic carbocycles. The van der Waals surface area contributed by atoms with E-state index in [0.29, 0.717) is 50.5 Å². The number of rotatable bonds is 4. The second-order valence-corrected chi connectivity index (χ2v) is 9.46. The molecule has 2 aliphatic rings. The number of carboxylic acids is 1. The summed E-state index contributed by atoms with van der Waals surface area (Å²) in [5.41, 5.74) is 0.329. The van der Waals surface area contributed by atoms with Crippen LogP contribution in [0.25, 0.3) is 0 Å². The standard InChI is InChI=1S/C19H26N2O5S/c1-14-5-11-21(12-6-14)27(25,26)17-4-2-3-16(13-17)18(22)20-9-7-15(8-10-20)19(23)24/h2-4,13-15H,5-12H2,1H3,(H,23,24). The molecule has 0 aromatic heterocycles. The molecule has 0 saturated carbocycles. The molecule has 7 nitrogen and oxygen atoms in total. The van der Waals surface area contributed by atoms with Crippen molar-refractivity contribution in [3.63, 3.8) is 0 Å². The van der Waals surface area contributed by atoms with Crippen molar-refractivity contribution in [2.24, 2.45) is 11.8 Å². The molecule has 1 aromatic carbocycles. The normalized spacial score (nSPS) is 20.6. The fourth-order valence-corrected chi connectivity index (χ4v) is 5.19. The van der Waals surface area contributed by atoms with Crippen LogP contribution in [0, 0.1) is 11.8 Å². The number of sulfonamides is 1. The molecule has 0 radical (unpaired) electrons. The minimum absolute atomic E-state index is 0.142. The first-order valence-corrected chi connectivity index (χ1v) is 10.9. The monoisotopic (exact) mass is 394 g/mol. The second-order valence-electron chi connectivity index (χ2n) is 7.52. The highest BCUT2D eigenvalue weighted by Crippen LogP contribution is 2.25. The Bertz CT molecular complexity index is 807. The number of hydrogen-bond donors (Lipinski definition) is 1. The third kappa shape index (κ3) is 4.32. The molecule has 2 aliphatic heterocycles. The summed E-state index contributed by atoms with van der Waals surface area (Å²) in [5.74, 6) is -0.963. The van der Waals surface area contributed by atoms with E-state index in [1.54, 1.807) is 17.0 Å². The first-order valence-electron chi connectivity index (χ1n) is 9.41. The number of benzene rings is 1. The number of likely N-dealkylation sites (tertiary alicyclic amines) is 1. The molecule has 1 N–H and O–H groups in total. The van der Waals surface area contributed by atoms with Crippen molar-refractivity contribution in [3.05, 3.63) is 29.8 Å². The quantitative estimate of drug-likeness (QED) is 0.843. The SMILES string of the molecule is CC1CCN(S(=O)(=O)c2cccc(C(=O)N3CCC(C(=O)O)CC3)c2)CC1. The van der Waals surface area contributed by atoms with E-state index in [0.717, 1.165) is 12.8 Å². The second kappa shape index (κ2) is 7.98. The smallest absolute Gasteiger partial charge is 0.306 e. The number of piperidine rings is 2. The molecule has 0 atom stereocenters. The van der Waals surface area contributed by atoms with E-state index >= 15 is 0 Å². The maximum absolute atomic E-state index is 12.9. The molecule has 1 aromatic rings. The highest BCUT2D eigenvalue weighted by atomic mass is 32.2. The Balaban J connectivity index is 1.73. The molecule has 2 heterocycles. The first-order chi connectivity index (χ1) is 12.8. The van der Waals surface area contributed by atoms with E-state index in [9.17, 15) is 18.0 Å². The molecule has 27 heavy (non-hydrogen) atoms. The van der Waals surface area contributed by atoms with Crippen LogP contribution in [0.15, 0.2) is 29.2 Å². The van der Waals surface area contributed by atoms with Gasteiger partial charge in [0.25, 0.3) is 5.91 Å². The summed E-state index contributed by atoms with van der Waals surface area (Å²) in [5, 5.41) is 9.07. The van der Waals surface area contributed by atoms with Gasteiger partial charge in [-0.2, -0.15) is 4.31 Å². The highest BCUT2D eigenvalue weighted by molar-refractivity contribution is 7.89. The van der Waals surface area contributed by atoms with Gasteiger partial charge in [0, 0.05) is 31.7 Å². The molecule has 2 saturated heterocycles. The Labute approximate surface area is 160 Å². The minimum Gasteiger partial charge on any atom is -0.481 e. The Hall–Kier alpha value is -1.93. The number of carbonyl (C=O) groups excluding carboxylic acids is 1. The third-order valence-corrected chi connectivity index (χ3v) is 7.49. The number of hydrogen-bond acceptors (Lipinski definition) is 4. The van der Waals surface area contributed by atoms with E-state index < -0.39 is 21.9 Å². The topological polar surface area (TPSA) is 95.0 Å². The van der Waals surface area contributed by atoms with Crippen molar-refractivity contribution in [2.45, 2.75) is 37.5 Å². The van der Waals surface area contributed by atoms with Gasteiger partial charge in [-0.25, -0.2) is 8.42 Å². The van der Waals surface area contributed by atoms with Gasteiger partial charge >= 0.3 is 5.97 Å². The third-order valence-electron chi connectivity index (χ3n) is 5.59. The van der Waals surface area contributed by atoms with Crippen LogP contribution in [-0.2, 0) is 14.8 Å². The molecule has 0 bridgehead atoms. The van der Waals surface area contributed by atoms with Crippen LogP contribution >= 0.6 is 0 Å². The summed E-state index contributed by atoms with van der Waals surface area (Å²) in [7, 11) is -3.61. The van der Waals surface area contributed by atoms with Crippen molar-refractivity contribution < 1.29 is 23.1 Å². The van der Waals surface area contributed by atoms with Gasteiger partial charge in [-0.1, -0.05) is 13.0 Å². The van der Waals surface area contributed by atoms with Gasteiger partial charge in [0.2, 0.25) is 10.0 Å². The van der Waals surface area contributed by atoms with E-state index in [1.165, 1.54) is 16.4 Å². The molecule has 1 amide bonds. The van der Waals surface area contributed by atoms with Gasteiger partial charge in [0.05, 0.1) is 10.8 Å². The van der Waals surface area contributed by atoms with E-state index in [1.807, 2.05) is 0 Å². The Kier molecular flexibility index (Phi) is 5.86. The van der Waals surface area contributed by atoms with Crippen molar-refractivity contribution in [1.82, 2.24) is 9.21 Å². The zero-order chi connectivity index (χ0) is 19.6. The molecule has 148 valence electrons. The molecular weight excluding hydrogens is 368 g/mol. The summed E-state index contributed by atoms with van der Waals surface area (Å²) in [6.07, 6.45) is 2.53. The molecule has 0 spiro atoms. The lowest BCUT2D eigenvalue weighted by Gasteiger charge is -2.31. The number of carbonyl (C=O) groups is 2. The summed E-state index contributed by atoms with van der Waals surface area (Å²) >= 11 is 0. The number of nitrogens with zero attached hydrogens (tertiary/aromatic N) is 2. The van der Waals surface area contributed by atoms with Crippen LogP contribution < -0.4 is 0 Å². The minimum atomic E-state index is -3.61. The molecule has 3 rings (SSSR count). The van der Waals surface area contributed by atoms with Gasteiger partial charge in [0.1, 0.15) is 0 Å². The van der Waals surface area contributed by atoms with Crippen molar-refractivity contribution in [3.8, 4) is 0 Å². The van der Waals surface area contributed by atoms with Crippen LogP contribution in [0.4, 0.5) is 0 Å². The zero-order valence-corrected chi connectivity index (χ0v) is 16.3. The predicted octanol–water partition coefficient (Wildman–Crippen LogP) is 2.04. The number of carboxylic acid groups (broad SMARTS) is 1. The Morgan fingerprint density at radius 2 is 1.67 bits per heavy atom. The number of amides is 1. The zero-order valence-electron chi connectivity index (χ0n) is 15.5. The van der Waals surface area contributed by atoms with Crippen LogP contribution in [-0.4, -0.2) is 60.8 Å². The summed E-state index contributed by atoms with van der Waals surface area (Å²) in [4.78, 5) is 25.5. The van der Waals surface area contributed by atoms with Crippen molar-refractivity contribution in [2.75, 3.05) is 26.2 Å². The van der Waals surface area contributed by atoms with E-state index in [-0.39, 0.29) is 10.8 Å². The fourth-order valence-electron chi connectivity index (χ4n) is 3.68. The Morgan fingerprint density at radius 3 is 2.26 bits per heavy atom. The van der Waals surface area contributed by atoms with Gasteiger partial charge in [0.15, 0.2) is 0 Å². The summed E-state index contributed by atoms with van der Waals surface area (Å²) < 4.78 is 27.3. The Morgan fingerprint density at radius 1 is 1.04 bits per heavy atom. The lowest BCUT2D eigenvalue weighted by Crippen LogP contribution is -2.40. The van der Waals surface area contributed by atoms with Crippen LogP contribution in [0.3, 0.4) is 0 Å². The fraction of sp³-hybridized carbons (Fsp3) is 0.579. The number of aliphatic carboxylic acids is 1. The average molecular weight is 394 g/mol. The molecular formula is C19H26N2O5S. The largest absolute Gasteiger partial charge is 0.481 e. The lowest BCUT2D eigenvalue weighted by atomic mass is 9.96. The maximum Gasteiger partial charge on any atom is 0.306 e. The predicted molar refractivity (Wildman–Crippen MR) is 99.9 cm³/mol. The van der Waals surface area contributed by atoms with Crippen LogP contribution in [0.1, 0.15) is 43.0 Å². The van der Waals surface area contributed by atoms with Crippen LogP contribution in [0.5, 0.6) is 0 Å². The van der Waals surface area contributed by atoms with Crippen molar-refractivity contribution in [1.29, 1.82) is 0 Å². The van der Waals surface area contributed by atoms with E-state index in [4.69, 9.17) is 5.11 Å². The van der Waals surface area contributed by atoms with Gasteiger partial charge in [-0.3, -0.25) is 9.59 Å². The van der Waals surface area contributed by atoms with Gasteiger partial charge in [-0.05, 0) is 49.8 Å². The average Bonchev–Trinajstić information content (AvgIpc) is 2.68. The lowest BCUT2D eigenvalue weighted by molar-refractivity contribution is -0.143. The summed E-state index contributed by atoms with van der Waals surface area (Å²) in [6.45, 7) is 3.87. The molecule has 2 fully saturated rings. The van der Waals surface area contributed by atoms with Crippen molar-refractivity contribution >= 4 is 21.9 Å². The maximum atomic E-state index is 12.9. The highest BCUT2D eigenvalue weighted by Gasteiger charge is 2.30. The van der Waals surface area contributed by atoms with Gasteiger partial charge in [-0.15, -0.1) is 0 Å². The molecule has 8 heteroatoms. The molecule has 0 unspecified atom stereocenters.